The number of aromatic amines is 1. The largest absolute Gasteiger partial charge is 0.274 e. The van der Waals surface area contributed by atoms with Crippen LogP contribution in [0.5, 0.6) is 0 Å². The summed E-state index contributed by atoms with van der Waals surface area (Å²) in [7, 11) is 0. The number of nitrogens with zero attached hydrogens (tertiary/aromatic N) is 4. The molecule has 0 spiro atoms. The van der Waals surface area contributed by atoms with E-state index in [4.69, 9.17) is 0 Å². The second-order valence-corrected chi connectivity index (χ2v) is 5.17. The maximum Gasteiger partial charge on any atom is 0.197 e. The van der Waals surface area contributed by atoms with Crippen LogP contribution in [0.2, 0.25) is 0 Å². The molecule has 0 amide bonds. The zero-order valence-corrected chi connectivity index (χ0v) is 9.85. The lowest BCUT2D eigenvalue weighted by Crippen LogP contribution is -2.01. The van der Waals surface area contributed by atoms with Crippen molar-refractivity contribution >= 4 is 5.84 Å². The second-order valence-electron chi connectivity index (χ2n) is 5.17. The third kappa shape index (κ3) is 1.19. The maximum absolute atomic E-state index is 4.49. The zero-order valence-electron chi connectivity index (χ0n) is 9.85. The van der Waals surface area contributed by atoms with Crippen LogP contribution in [-0.2, 0) is 6.42 Å². The van der Waals surface area contributed by atoms with E-state index in [9.17, 15) is 0 Å². The first-order valence-electron chi connectivity index (χ1n) is 6.39. The van der Waals surface area contributed by atoms with E-state index < -0.39 is 0 Å². The number of nitrogens with one attached hydrogen (secondary N) is 1. The summed E-state index contributed by atoms with van der Waals surface area (Å²) in [5.74, 6) is 3.19. The van der Waals surface area contributed by atoms with E-state index in [1.165, 1.54) is 24.1 Å². The SMILES string of the molecule is CCCC1C2Cc3c(n[nH]c3C3=NCN=N3)C12. The Hall–Kier alpha value is -1.52. The van der Waals surface area contributed by atoms with Crippen LogP contribution < -0.4 is 0 Å². The molecule has 3 unspecified atom stereocenters. The van der Waals surface area contributed by atoms with E-state index in [0.717, 1.165) is 29.8 Å². The minimum atomic E-state index is 0.467. The molecule has 88 valence electrons. The molecule has 1 fully saturated rings. The van der Waals surface area contributed by atoms with Crippen LogP contribution in [0, 0.1) is 11.8 Å². The van der Waals surface area contributed by atoms with E-state index in [2.05, 4.69) is 32.3 Å². The van der Waals surface area contributed by atoms with Gasteiger partial charge in [0.05, 0.1) is 5.69 Å². The Labute approximate surface area is 99.4 Å². The summed E-state index contributed by atoms with van der Waals surface area (Å²) < 4.78 is 0. The van der Waals surface area contributed by atoms with Gasteiger partial charge in [0.15, 0.2) is 12.5 Å². The number of rotatable bonds is 3. The lowest BCUT2D eigenvalue weighted by atomic mass is 10.0. The number of azo groups is 1. The Kier molecular flexibility index (Phi) is 1.81. The van der Waals surface area contributed by atoms with Crippen molar-refractivity contribution < 1.29 is 0 Å². The fraction of sp³-hybridized carbons (Fsp3) is 0.667. The van der Waals surface area contributed by atoms with Crippen molar-refractivity contribution in [2.45, 2.75) is 32.1 Å². The summed E-state index contributed by atoms with van der Waals surface area (Å²) in [4.78, 5) is 4.26. The number of hydrogen-bond donors (Lipinski definition) is 1. The van der Waals surface area contributed by atoms with Crippen molar-refractivity contribution in [2.75, 3.05) is 6.67 Å². The van der Waals surface area contributed by atoms with E-state index >= 15 is 0 Å². The first-order valence-corrected chi connectivity index (χ1v) is 6.39. The molecule has 4 rings (SSSR count). The molecule has 0 radical (unpaired) electrons. The van der Waals surface area contributed by atoms with Crippen molar-refractivity contribution in [3.05, 3.63) is 17.0 Å². The maximum atomic E-state index is 4.49. The fourth-order valence-electron chi connectivity index (χ4n) is 3.50. The molecular formula is C12H15N5. The minimum Gasteiger partial charge on any atom is -0.274 e. The Morgan fingerprint density at radius 1 is 1.41 bits per heavy atom. The zero-order chi connectivity index (χ0) is 11.4. The van der Waals surface area contributed by atoms with Gasteiger partial charge in [0.2, 0.25) is 0 Å². The molecule has 1 aromatic rings. The predicted molar refractivity (Wildman–Crippen MR) is 63.2 cm³/mol. The Balaban J connectivity index is 1.66. The summed E-state index contributed by atoms with van der Waals surface area (Å²) in [5.41, 5.74) is 3.66. The van der Waals surface area contributed by atoms with Gasteiger partial charge in [0.1, 0.15) is 5.69 Å². The van der Waals surface area contributed by atoms with E-state index in [1.807, 2.05) is 0 Å². The Morgan fingerprint density at radius 2 is 2.35 bits per heavy atom. The van der Waals surface area contributed by atoms with Crippen LogP contribution in [0.4, 0.5) is 0 Å². The highest BCUT2D eigenvalue weighted by Crippen LogP contribution is 2.63. The van der Waals surface area contributed by atoms with Crippen LogP contribution in [0.15, 0.2) is 15.2 Å². The van der Waals surface area contributed by atoms with Crippen LogP contribution in [0.3, 0.4) is 0 Å². The Morgan fingerprint density at radius 3 is 3.12 bits per heavy atom. The fourth-order valence-corrected chi connectivity index (χ4v) is 3.50. The molecule has 1 N–H and O–H groups in total. The van der Waals surface area contributed by atoms with Crippen LogP contribution >= 0.6 is 0 Å². The molecule has 5 nitrogen and oxygen atoms in total. The average molecular weight is 229 g/mol. The van der Waals surface area contributed by atoms with E-state index in [1.54, 1.807) is 0 Å². The van der Waals surface area contributed by atoms with Crippen molar-refractivity contribution in [3.63, 3.8) is 0 Å². The number of amidine groups is 1. The van der Waals surface area contributed by atoms with Crippen molar-refractivity contribution in [1.29, 1.82) is 0 Å². The van der Waals surface area contributed by atoms with Crippen LogP contribution in [-0.4, -0.2) is 22.7 Å². The van der Waals surface area contributed by atoms with Gasteiger partial charge in [-0.25, -0.2) is 4.99 Å². The normalized spacial score (nSPS) is 32.5. The summed E-state index contributed by atoms with van der Waals surface area (Å²) in [5, 5.41) is 15.5. The van der Waals surface area contributed by atoms with Gasteiger partial charge in [-0.2, -0.15) is 10.2 Å². The molecule has 2 heterocycles. The highest BCUT2D eigenvalue weighted by Gasteiger charge is 2.57. The van der Waals surface area contributed by atoms with Gasteiger partial charge in [-0.05, 0) is 24.7 Å². The number of hydrogen-bond acceptors (Lipinski definition) is 4. The molecule has 0 bridgehead atoms. The summed E-state index contributed by atoms with van der Waals surface area (Å²) in [6, 6.07) is 0. The average Bonchev–Trinajstić information content (AvgIpc) is 2.82. The van der Waals surface area contributed by atoms with E-state index in [-0.39, 0.29) is 0 Å². The summed E-state index contributed by atoms with van der Waals surface area (Å²) in [6.45, 7) is 2.73. The van der Waals surface area contributed by atoms with E-state index in [0.29, 0.717) is 12.6 Å². The Bertz CT molecular complexity index is 527. The molecule has 3 atom stereocenters. The molecule has 3 aliphatic rings. The molecular weight excluding hydrogens is 214 g/mol. The number of H-pyrrole nitrogens is 1. The first kappa shape index (κ1) is 9.50. The van der Waals surface area contributed by atoms with Gasteiger partial charge < -0.3 is 0 Å². The quantitative estimate of drug-likeness (QED) is 0.848. The van der Waals surface area contributed by atoms with Gasteiger partial charge in [-0.1, -0.05) is 13.3 Å². The van der Waals surface area contributed by atoms with Gasteiger partial charge >= 0.3 is 0 Å². The molecule has 1 aromatic heterocycles. The molecule has 5 heteroatoms. The summed E-state index contributed by atoms with van der Waals surface area (Å²) >= 11 is 0. The van der Waals surface area contributed by atoms with Gasteiger partial charge in [-0.15, -0.1) is 5.11 Å². The summed E-state index contributed by atoms with van der Waals surface area (Å²) in [6.07, 6.45) is 3.79. The molecule has 17 heavy (non-hydrogen) atoms. The minimum absolute atomic E-state index is 0.467. The smallest absolute Gasteiger partial charge is 0.197 e. The first-order chi connectivity index (χ1) is 8.40. The number of fused-ring (bicyclic) bond motifs is 3. The van der Waals surface area contributed by atoms with Crippen LogP contribution in [0.25, 0.3) is 0 Å². The topological polar surface area (TPSA) is 65.8 Å². The predicted octanol–water partition coefficient (Wildman–Crippen LogP) is 2.27. The highest BCUT2D eigenvalue weighted by atomic mass is 15.3. The number of aromatic nitrogens is 2. The van der Waals surface area contributed by atoms with Crippen molar-refractivity contribution in [2.24, 2.45) is 27.1 Å². The lowest BCUT2D eigenvalue weighted by Gasteiger charge is -2.02. The molecule has 1 saturated carbocycles. The molecule has 0 saturated heterocycles. The molecule has 0 aromatic carbocycles. The highest BCUT2D eigenvalue weighted by molar-refractivity contribution is 5.99. The van der Waals surface area contributed by atoms with Crippen molar-refractivity contribution in [3.8, 4) is 0 Å². The second kappa shape index (κ2) is 3.24. The van der Waals surface area contributed by atoms with Gasteiger partial charge in [0, 0.05) is 11.5 Å². The molecule has 2 aliphatic carbocycles. The van der Waals surface area contributed by atoms with Gasteiger partial charge in [-0.3, -0.25) is 5.10 Å². The van der Waals surface area contributed by atoms with Gasteiger partial charge in [0.25, 0.3) is 0 Å². The standard InChI is InChI=1S/C12H15N5/c1-2-3-6-7-4-8-10(9(6)7)15-16-11(8)12-13-5-14-17-12/h6-7,9H,2-5H2,1H3,(H,15,16). The third-order valence-electron chi connectivity index (χ3n) is 4.28. The third-order valence-corrected chi connectivity index (χ3v) is 4.28. The lowest BCUT2D eigenvalue weighted by molar-refractivity contribution is 0.620. The number of aliphatic imine (C=N–C) groups is 1. The molecule has 1 aliphatic heterocycles. The monoisotopic (exact) mass is 229 g/mol. The van der Waals surface area contributed by atoms with Crippen molar-refractivity contribution in [1.82, 2.24) is 10.2 Å². The van der Waals surface area contributed by atoms with Crippen LogP contribution in [0.1, 0.15) is 42.6 Å².